The van der Waals surface area contributed by atoms with Crippen LogP contribution in [0.2, 0.25) is 0 Å². The molecule has 5 heteroatoms. The Morgan fingerprint density at radius 3 is 2.69 bits per heavy atom. The molecule has 0 aromatic heterocycles. The highest BCUT2D eigenvalue weighted by Crippen LogP contribution is 2.17. The fourth-order valence-electron chi connectivity index (χ4n) is 2.05. The van der Waals surface area contributed by atoms with Gasteiger partial charge in [0.2, 0.25) is 0 Å². The second kappa shape index (κ2) is 6.83. The monoisotopic (exact) mass is 231 g/mol. The Morgan fingerprint density at radius 2 is 2.19 bits per heavy atom. The van der Waals surface area contributed by atoms with E-state index < -0.39 is 12.0 Å². The highest BCUT2D eigenvalue weighted by molar-refractivity contribution is 5.72. The number of ether oxygens (including phenoxy) is 2. The fraction of sp³-hybridized carbons (Fsp3) is 0.909. The van der Waals surface area contributed by atoms with E-state index in [9.17, 15) is 4.79 Å². The van der Waals surface area contributed by atoms with Gasteiger partial charge in [0.15, 0.2) is 0 Å². The van der Waals surface area contributed by atoms with Crippen LogP contribution < -0.4 is 0 Å². The summed E-state index contributed by atoms with van der Waals surface area (Å²) in [6.45, 7) is 4.40. The number of hydrogen-bond acceptors (Lipinski definition) is 4. The topological polar surface area (TPSA) is 59.0 Å². The average Bonchev–Trinajstić information content (AvgIpc) is 2.30. The lowest BCUT2D eigenvalue weighted by Gasteiger charge is -2.36. The molecule has 1 unspecified atom stereocenters. The van der Waals surface area contributed by atoms with Gasteiger partial charge in [0.25, 0.3) is 0 Å². The molecule has 16 heavy (non-hydrogen) atoms. The van der Waals surface area contributed by atoms with Gasteiger partial charge in [0, 0.05) is 32.9 Å². The van der Waals surface area contributed by atoms with Crippen LogP contribution >= 0.6 is 0 Å². The van der Waals surface area contributed by atoms with Crippen LogP contribution in [0.5, 0.6) is 0 Å². The molecule has 94 valence electrons. The summed E-state index contributed by atoms with van der Waals surface area (Å²) in [5.41, 5.74) is 0. The first kappa shape index (κ1) is 13.4. The van der Waals surface area contributed by atoms with Gasteiger partial charge in [0.05, 0.1) is 6.61 Å². The zero-order valence-electron chi connectivity index (χ0n) is 10.0. The van der Waals surface area contributed by atoms with Gasteiger partial charge in [-0.25, -0.2) is 0 Å². The minimum atomic E-state index is -0.775. The predicted octanol–water partition coefficient (Wildman–Crippen LogP) is 0.587. The minimum absolute atomic E-state index is 0.301. The van der Waals surface area contributed by atoms with Gasteiger partial charge < -0.3 is 14.6 Å². The molecule has 0 amide bonds. The summed E-state index contributed by atoms with van der Waals surface area (Å²) in [5, 5.41) is 9.07. The number of nitrogens with zero attached hydrogens (tertiary/aromatic N) is 1. The van der Waals surface area contributed by atoms with E-state index in [1.54, 1.807) is 14.0 Å². The first-order chi connectivity index (χ1) is 7.66. The van der Waals surface area contributed by atoms with Crippen molar-refractivity contribution >= 4 is 5.97 Å². The predicted molar refractivity (Wildman–Crippen MR) is 59.5 cm³/mol. The highest BCUT2D eigenvalue weighted by Gasteiger charge is 2.28. The van der Waals surface area contributed by atoms with E-state index in [0.29, 0.717) is 19.2 Å². The maximum Gasteiger partial charge on any atom is 0.320 e. The maximum absolute atomic E-state index is 11.0. The number of carbonyl (C=O) groups is 1. The molecule has 0 spiro atoms. The molecule has 0 aromatic carbocycles. The van der Waals surface area contributed by atoms with Gasteiger partial charge in [-0.05, 0) is 19.8 Å². The van der Waals surface area contributed by atoms with Crippen molar-refractivity contribution < 1.29 is 19.4 Å². The lowest BCUT2D eigenvalue weighted by Crippen LogP contribution is -2.49. The molecule has 0 saturated carbocycles. The SMILES string of the molecule is COCCN(C1CCOCC1)C(C)C(=O)O. The summed E-state index contributed by atoms with van der Waals surface area (Å²) in [7, 11) is 1.63. The normalized spacial score (nSPS) is 19.9. The van der Waals surface area contributed by atoms with Crippen LogP contribution in [-0.2, 0) is 14.3 Å². The number of carboxylic acid groups (broad SMARTS) is 1. The zero-order valence-corrected chi connectivity index (χ0v) is 10.0. The third-order valence-corrected chi connectivity index (χ3v) is 3.07. The van der Waals surface area contributed by atoms with Crippen molar-refractivity contribution in [3.8, 4) is 0 Å². The quantitative estimate of drug-likeness (QED) is 0.725. The molecular formula is C11H21NO4. The smallest absolute Gasteiger partial charge is 0.320 e. The Balaban J connectivity index is 2.57. The summed E-state index contributed by atoms with van der Waals surface area (Å²) >= 11 is 0. The molecule has 1 atom stereocenters. The van der Waals surface area contributed by atoms with Crippen molar-refractivity contribution in [3.05, 3.63) is 0 Å². The van der Waals surface area contributed by atoms with E-state index in [4.69, 9.17) is 14.6 Å². The van der Waals surface area contributed by atoms with Gasteiger partial charge in [0.1, 0.15) is 6.04 Å². The molecule has 5 nitrogen and oxygen atoms in total. The number of rotatable bonds is 6. The third-order valence-electron chi connectivity index (χ3n) is 3.07. The Labute approximate surface area is 96.3 Å². The summed E-state index contributed by atoms with van der Waals surface area (Å²) in [6, 6.07) is -0.159. The molecule has 1 aliphatic rings. The Morgan fingerprint density at radius 1 is 1.56 bits per heavy atom. The zero-order chi connectivity index (χ0) is 12.0. The first-order valence-electron chi connectivity index (χ1n) is 5.72. The van der Waals surface area contributed by atoms with Gasteiger partial charge in [-0.1, -0.05) is 0 Å². The molecule has 1 heterocycles. The van der Waals surface area contributed by atoms with Crippen LogP contribution in [0.3, 0.4) is 0 Å². The summed E-state index contributed by atoms with van der Waals surface area (Å²) < 4.78 is 10.3. The molecule has 0 radical (unpaired) electrons. The summed E-state index contributed by atoms with van der Waals surface area (Å²) in [5.74, 6) is -0.775. The minimum Gasteiger partial charge on any atom is -0.480 e. The lowest BCUT2D eigenvalue weighted by molar-refractivity contribution is -0.144. The van der Waals surface area contributed by atoms with Gasteiger partial charge >= 0.3 is 5.97 Å². The number of methoxy groups -OCH3 is 1. The molecule has 0 bridgehead atoms. The van der Waals surface area contributed by atoms with Gasteiger partial charge in [-0.15, -0.1) is 0 Å². The second-order valence-corrected chi connectivity index (χ2v) is 4.09. The van der Waals surface area contributed by atoms with E-state index >= 15 is 0 Å². The molecule has 1 fully saturated rings. The van der Waals surface area contributed by atoms with E-state index in [1.807, 2.05) is 4.90 Å². The van der Waals surface area contributed by atoms with Crippen molar-refractivity contribution in [2.75, 3.05) is 33.5 Å². The fourth-order valence-corrected chi connectivity index (χ4v) is 2.05. The van der Waals surface area contributed by atoms with Crippen LogP contribution in [0.15, 0.2) is 0 Å². The first-order valence-corrected chi connectivity index (χ1v) is 5.72. The van der Waals surface area contributed by atoms with Crippen molar-refractivity contribution in [1.82, 2.24) is 4.90 Å². The van der Waals surface area contributed by atoms with Crippen LogP contribution in [0.1, 0.15) is 19.8 Å². The van der Waals surface area contributed by atoms with Crippen molar-refractivity contribution in [2.24, 2.45) is 0 Å². The molecule has 1 N–H and O–H groups in total. The summed E-state index contributed by atoms with van der Waals surface area (Å²) in [6.07, 6.45) is 1.81. The van der Waals surface area contributed by atoms with Crippen molar-refractivity contribution in [2.45, 2.75) is 31.8 Å². The van der Waals surface area contributed by atoms with Crippen LogP contribution in [0.25, 0.3) is 0 Å². The number of aliphatic carboxylic acids is 1. The molecule has 1 aliphatic heterocycles. The van der Waals surface area contributed by atoms with Gasteiger partial charge in [-0.3, -0.25) is 9.69 Å². The number of carboxylic acids is 1. The van der Waals surface area contributed by atoms with Gasteiger partial charge in [-0.2, -0.15) is 0 Å². The highest BCUT2D eigenvalue weighted by atomic mass is 16.5. The van der Waals surface area contributed by atoms with E-state index in [1.165, 1.54) is 0 Å². The van der Waals surface area contributed by atoms with E-state index in [0.717, 1.165) is 26.1 Å². The standard InChI is InChI=1S/C11H21NO4/c1-9(11(13)14)12(5-8-15-2)10-3-6-16-7-4-10/h9-10H,3-8H2,1-2H3,(H,13,14). The van der Waals surface area contributed by atoms with Crippen LogP contribution in [0, 0.1) is 0 Å². The molecule has 0 aliphatic carbocycles. The lowest BCUT2D eigenvalue weighted by atomic mass is 10.0. The molecule has 0 aromatic rings. The average molecular weight is 231 g/mol. The third kappa shape index (κ3) is 3.73. The number of hydrogen-bond donors (Lipinski definition) is 1. The second-order valence-electron chi connectivity index (χ2n) is 4.09. The molecule has 1 saturated heterocycles. The van der Waals surface area contributed by atoms with Crippen LogP contribution in [0.4, 0.5) is 0 Å². The van der Waals surface area contributed by atoms with E-state index in [2.05, 4.69) is 0 Å². The molecular weight excluding hydrogens is 210 g/mol. The van der Waals surface area contributed by atoms with Crippen molar-refractivity contribution in [3.63, 3.8) is 0 Å². The Hall–Kier alpha value is -0.650. The molecule has 1 rings (SSSR count). The largest absolute Gasteiger partial charge is 0.480 e. The maximum atomic E-state index is 11.0. The van der Waals surface area contributed by atoms with E-state index in [-0.39, 0.29) is 0 Å². The Bertz CT molecular complexity index is 216. The Kier molecular flexibility index (Phi) is 5.73. The van der Waals surface area contributed by atoms with Crippen LogP contribution in [-0.4, -0.2) is 61.5 Å². The summed E-state index contributed by atoms with van der Waals surface area (Å²) in [4.78, 5) is 13.0. The van der Waals surface area contributed by atoms with Crippen molar-refractivity contribution in [1.29, 1.82) is 0 Å².